The summed E-state index contributed by atoms with van der Waals surface area (Å²) in [6.45, 7) is 4.36. The van der Waals surface area contributed by atoms with E-state index in [4.69, 9.17) is 22.1 Å². The number of esters is 1. The van der Waals surface area contributed by atoms with Gasteiger partial charge in [0.2, 0.25) is 0 Å². The van der Waals surface area contributed by atoms with E-state index in [0.29, 0.717) is 29.8 Å². The molecule has 146 valence electrons. The molecule has 0 amide bonds. The van der Waals surface area contributed by atoms with Crippen molar-refractivity contribution in [1.82, 2.24) is 4.90 Å². The van der Waals surface area contributed by atoms with Crippen molar-refractivity contribution in [1.29, 1.82) is 0 Å². The van der Waals surface area contributed by atoms with Gasteiger partial charge < -0.3 is 10.5 Å². The highest BCUT2D eigenvalue weighted by molar-refractivity contribution is 9.10. The van der Waals surface area contributed by atoms with Crippen LogP contribution in [0.5, 0.6) is 0 Å². The van der Waals surface area contributed by atoms with Gasteiger partial charge in [-0.1, -0.05) is 19.8 Å². The van der Waals surface area contributed by atoms with Crippen molar-refractivity contribution >= 4 is 39.2 Å². The van der Waals surface area contributed by atoms with E-state index in [0.717, 1.165) is 42.4 Å². The first-order valence-corrected chi connectivity index (χ1v) is 10.9. The number of nitrogens with two attached hydrogens (primary N) is 1. The molecule has 1 aliphatic carbocycles. The number of carbonyl (C=O) groups is 1. The van der Waals surface area contributed by atoms with Gasteiger partial charge in [-0.05, 0) is 72.3 Å². The van der Waals surface area contributed by atoms with Gasteiger partial charge in [0.25, 0.3) is 0 Å². The smallest absolute Gasteiger partial charge is 0.338 e. The Balaban J connectivity index is 2.03. The third-order valence-electron chi connectivity index (χ3n) is 5.08. The van der Waals surface area contributed by atoms with E-state index in [1.54, 1.807) is 6.07 Å². The van der Waals surface area contributed by atoms with Gasteiger partial charge in [-0.15, -0.1) is 11.6 Å². The molecule has 0 saturated heterocycles. The van der Waals surface area contributed by atoms with Gasteiger partial charge in [0.05, 0.1) is 17.9 Å². The third-order valence-corrected chi connectivity index (χ3v) is 6.01. The number of halogens is 2. The number of alkyl halides is 1. The van der Waals surface area contributed by atoms with Gasteiger partial charge >= 0.3 is 5.97 Å². The van der Waals surface area contributed by atoms with Crippen molar-refractivity contribution < 1.29 is 9.53 Å². The molecule has 0 aromatic heterocycles. The number of benzene rings is 1. The molecule has 2 rings (SSSR count). The van der Waals surface area contributed by atoms with Gasteiger partial charge in [0.1, 0.15) is 0 Å². The average Bonchev–Trinajstić information content (AvgIpc) is 3.16. The summed E-state index contributed by atoms with van der Waals surface area (Å²) >= 11 is 9.16. The zero-order valence-corrected chi connectivity index (χ0v) is 17.9. The minimum Gasteiger partial charge on any atom is -0.462 e. The summed E-state index contributed by atoms with van der Waals surface area (Å²) in [5.41, 5.74) is 8.52. The number of hydrogen-bond donors (Lipinski definition) is 1. The number of nitrogen functional groups attached to an aromatic ring is 1. The molecule has 1 saturated carbocycles. The lowest BCUT2D eigenvalue weighted by molar-refractivity contribution is 0.0498. The van der Waals surface area contributed by atoms with Crippen molar-refractivity contribution in [3.8, 4) is 0 Å². The van der Waals surface area contributed by atoms with Crippen LogP contribution in [0.1, 0.15) is 67.8 Å². The second-order valence-electron chi connectivity index (χ2n) is 6.92. The molecular formula is C20H30BrClN2O2. The predicted octanol–water partition coefficient (Wildman–Crippen LogP) is 5.36. The third kappa shape index (κ3) is 6.14. The van der Waals surface area contributed by atoms with Crippen LogP contribution < -0.4 is 5.73 Å². The molecule has 26 heavy (non-hydrogen) atoms. The molecule has 1 aromatic carbocycles. The van der Waals surface area contributed by atoms with Crippen LogP contribution in [0.3, 0.4) is 0 Å². The van der Waals surface area contributed by atoms with Crippen LogP contribution in [-0.2, 0) is 11.3 Å². The lowest BCUT2D eigenvalue weighted by Crippen LogP contribution is -2.32. The Morgan fingerprint density at radius 1 is 1.31 bits per heavy atom. The number of ether oxygens (including phenoxy) is 1. The second-order valence-corrected chi connectivity index (χ2v) is 8.15. The van der Waals surface area contributed by atoms with Crippen LogP contribution in [0.15, 0.2) is 16.6 Å². The van der Waals surface area contributed by atoms with E-state index < -0.39 is 0 Å². The Bertz CT molecular complexity index is 591. The molecular weight excluding hydrogens is 416 g/mol. The maximum atomic E-state index is 12.4. The molecule has 4 nitrogen and oxygen atoms in total. The summed E-state index contributed by atoms with van der Waals surface area (Å²) in [4.78, 5) is 14.8. The molecule has 2 N–H and O–H groups in total. The maximum absolute atomic E-state index is 12.4. The van der Waals surface area contributed by atoms with Gasteiger partial charge in [-0.2, -0.15) is 0 Å². The molecule has 1 aliphatic rings. The molecule has 0 bridgehead atoms. The van der Waals surface area contributed by atoms with Crippen molar-refractivity contribution in [3.63, 3.8) is 0 Å². The van der Waals surface area contributed by atoms with Crippen molar-refractivity contribution in [2.24, 2.45) is 0 Å². The number of rotatable bonds is 10. The Morgan fingerprint density at radius 2 is 2.04 bits per heavy atom. The Morgan fingerprint density at radius 3 is 2.69 bits per heavy atom. The molecule has 0 aliphatic heterocycles. The summed E-state index contributed by atoms with van der Waals surface area (Å²) in [6.07, 6.45) is 7.86. The first-order chi connectivity index (χ1) is 12.6. The SMILES string of the molecule is CCN(Cc1cc(C(=O)OCCCCCCl)cc(Br)c1N)C1CCCC1. The van der Waals surface area contributed by atoms with Crippen LogP contribution in [0.4, 0.5) is 5.69 Å². The molecule has 0 unspecified atom stereocenters. The minimum absolute atomic E-state index is 0.290. The topological polar surface area (TPSA) is 55.6 Å². The highest BCUT2D eigenvalue weighted by Crippen LogP contribution is 2.30. The van der Waals surface area contributed by atoms with E-state index in [1.807, 2.05) is 6.07 Å². The van der Waals surface area contributed by atoms with Crippen molar-refractivity contribution in [3.05, 3.63) is 27.7 Å². The zero-order chi connectivity index (χ0) is 18.9. The first kappa shape index (κ1) is 21.5. The maximum Gasteiger partial charge on any atom is 0.338 e. The summed E-state index contributed by atoms with van der Waals surface area (Å²) in [5.74, 6) is 0.360. The lowest BCUT2D eigenvalue weighted by atomic mass is 10.1. The fourth-order valence-electron chi connectivity index (χ4n) is 3.53. The van der Waals surface area contributed by atoms with E-state index >= 15 is 0 Å². The van der Waals surface area contributed by atoms with Gasteiger partial charge in [0, 0.05) is 22.9 Å². The van der Waals surface area contributed by atoms with Crippen LogP contribution in [0.25, 0.3) is 0 Å². The van der Waals surface area contributed by atoms with Crippen molar-refractivity contribution in [2.75, 3.05) is 24.8 Å². The van der Waals surface area contributed by atoms with E-state index in [2.05, 4.69) is 27.8 Å². The van der Waals surface area contributed by atoms with Gasteiger partial charge in [0.15, 0.2) is 0 Å². The molecule has 1 fully saturated rings. The highest BCUT2D eigenvalue weighted by atomic mass is 79.9. The first-order valence-electron chi connectivity index (χ1n) is 9.61. The van der Waals surface area contributed by atoms with Crippen LogP contribution in [0, 0.1) is 0 Å². The van der Waals surface area contributed by atoms with E-state index in [-0.39, 0.29) is 5.97 Å². The summed E-state index contributed by atoms with van der Waals surface area (Å²) < 4.78 is 6.15. The lowest BCUT2D eigenvalue weighted by Gasteiger charge is -2.28. The monoisotopic (exact) mass is 444 g/mol. The fraction of sp³-hybridized carbons (Fsp3) is 0.650. The quantitative estimate of drug-likeness (QED) is 0.228. The number of anilines is 1. The summed E-state index contributed by atoms with van der Waals surface area (Å²) in [7, 11) is 0. The normalized spacial score (nSPS) is 14.9. The largest absolute Gasteiger partial charge is 0.462 e. The van der Waals surface area contributed by atoms with Gasteiger partial charge in [-0.3, -0.25) is 4.90 Å². The molecule has 0 heterocycles. The summed E-state index contributed by atoms with van der Waals surface area (Å²) in [6, 6.07) is 4.26. The Hall–Kier alpha value is -0.780. The predicted molar refractivity (Wildman–Crippen MR) is 112 cm³/mol. The van der Waals surface area contributed by atoms with Crippen molar-refractivity contribution in [2.45, 2.75) is 64.5 Å². The van der Waals surface area contributed by atoms with Crippen LogP contribution >= 0.6 is 27.5 Å². The highest BCUT2D eigenvalue weighted by Gasteiger charge is 2.23. The second kappa shape index (κ2) is 11.2. The molecule has 1 aromatic rings. The Labute approximate surface area is 170 Å². The zero-order valence-electron chi connectivity index (χ0n) is 15.6. The average molecular weight is 446 g/mol. The standard InChI is InChI=1S/C20H30BrClN2O2/c1-2-24(17-8-4-5-9-17)14-16-12-15(13-18(21)19(16)23)20(25)26-11-7-3-6-10-22/h12-13,17H,2-11,14,23H2,1H3. The fourth-order valence-corrected chi connectivity index (χ4v) is 4.22. The number of nitrogens with zero attached hydrogens (tertiary/aromatic N) is 1. The number of unbranched alkanes of at least 4 members (excludes halogenated alkanes) is 2. The summed E-state index contributed by atoms with van der Waals surface area (Å²) in [5, 5.41) is 0. The number of hydrogen-bond acceptors (Lipinski definition) is 4. The van der Waals surface area contributed by atoms with Crippen LogP contribution in [0.2, 0.25) is 0 Å². The van der Waals surface area contributed by atoms with Gasteiger partial charge in [-0.25, -0.2) is 4.79 Å². The molecule has 0 atom stereocenters. The van der Waals surface area contributed by atoms with Crippen LogP contribution in [-0.4, -0.2) is 35.9 Å². The molecule has 0 spiro atoms. The minimum atomic E-state index is -0.290. The number of carbonyl (C=O) groups excluding carboxylic acids is 1. The Kier molecular flexibility index (Phi) is 9.23. The van der Waals surface area contributed by atoms with E-state index in [1.165, 1.54) is 25.7 Å². The molecule has 0 radical (unpaired) electrons. The van der Waals surface area contributed by atoms with E-state index in [9.17, 15) is 4.79 Å². The molecule has 6 heteroatoms.